The molecule has 0 aliphatic rings. The van der Waals surface area contributed by atoms with Crippen molar-refractivity contribution in [3.63, 3.8) is 0 Å². The molecule has 32 heavy (non-hydrogen) atoms. The summed E-state index contributed by atoms with van der Waals surface area (Å²) in [5.41, 5.74) is 8.21. The molecule has 0 fully saturated rings. The summed E-state index contributed by atoms with van der Waals surface area (Å²) in [4.78, 5) is 0. The molecule has 0 atom stereocenters. The molecule has 0 aliphatic heterocycles. The number of rotatable bonds is 4. The Morgan fingerprint density at radius 3 is 1.75 bits per heavy atom. The number of aromatic nitrogens is 1. The fourth-order valence-corrected chi connectivity index (χ4v) is 4.45. The molecule has 152 valence electrons. The zero-order valence-electron chi connectivity index (χ0n) is 17.6. The maximum atomic E-state index is 3.55. The molecule has 0 amide bonds. The van der Waals surface area contributed by atoms with Gasteiger partial charge in [0.05, 0.1) is 11.0 Å². The summed E-state index contributed by atoms with van der Waals surface area (Å²) >= 11 is 0. The van der Waals surface area contributed by atoms with E-state index in [1.54, 1.807) is 0 Å². The van der Waals surface area contributed by atoms with Gasteiger partial charge in [-0.2, -0.15) is 0 Å². The zero-order valence-corrected chi connectivity index (χ0v) is 17.6. The number of hydrogen-bond donors (Lipinski definition) is 1. The fraction of sp³-hybridized carbons (Fsp3) is 0. The van der Waals surface area contributed by atoms with Crippen LogP contribution in [0.3, 0.4) is 0 Å². The molecule has 0 radical (unpaired) electrons. The Balaban J connectivity index is 1.59. The normalized spacial score (nSPS) is 11.1. The van der Waals surface area contributed by atoms with E-state index in [1.165, 1.54) is 38.6 Å². The SMILES string of the molecule is c1ccc(Nc2ccc3c(c2)c2cc(-c4ccccc4)ccc2n3-c2ccccc2)cc1. The molecule has 2 heteroatoms. The first-order valence-corrected chi connectivity index (χ1v) is 10.9. The predicted octanol–water partition coefficient (Wildman–Crippen LogP) is 8.19. The van der Waals surface area contributed by atoms with E-state index in [0.29, 0.717) is 0 Å². The third-order valence-electron chi connectivity index (χ3n) is 5.95. The van der Waals surface area contributed by atoms with Crippen LogP contribution < -0.4 is 5.32 Å². The molecule has 6 aromatic rings. The summed E-state index contributed by atoms with van der Waals surface area (Å²) in [6, 6.07) is 44.9. The Labute approximate surface area is 187 Å². The molecule has 6 rings (SSSR count). The highest BCUT2D eigenvalue weighted by atomic mass is 15.0. The van der Waals surface area contributed by atoms with Crippen molar-refractivity contribution in [1.29, 1.82) is 0 Å². The van der Waals surface area contributed by atoms with Gasteiger partial charge >= 0.3 is 0 Å². The fourth-order valence-electron chi connectivity index (χ4n) is 4.45. The van der Waals surface area contributed by atoms with Gasteiger partial charge in [-0.05, 0) is 65.7 Å². The summed E-state index contributed by atoms with van der Waals surface area (Å²) < 4.78 is 2.35. The van der Waals surface area contributed by atoms with Gasteiger partial charge < -0.3 is 9.88 Å². The minimum Gasteiger partial charge on any atom is -0.356 e. The monoisotopic (exact) mass is 410 g/mol. The van der Waals surface area contributed by atoms with Gasteiger partial charge in [0.15, 0.2) is 0 Å². The summed E-state index contributed by atoms with van der Waals surface area (Å²) in [5, 5.41) is 6.04. The standard InChI is InChI=1S/C30H22N2/c1-4-10-22(11-5-1)23-16-18-29-27(20-23)28-21-25(31-24-12-6-2-7-13-24)17-19-30(28)32(29)26-14-8-3-9-15-26/h1-21,31H. The third kappa shape index (κ3) is 3.23. The molecule has 0 aliphatic carbocycles. The lowest BCUT2D eigenvalue weighted by Crippen LogP contribution is -1.93. The second-order valence-corrected chi connectivity index (χ2v) is 7.99. The van der Waals surface area contributed by atoms with Gasteiger partial charge in [0.1, 0.15) is 0 Å². The van der Waals surface area contributed by atoms with Crippen LogP contribution in [0.5, 0.6) is 0 Å². The van der Waals surface area contributed by atoms with E-state index in [9.17, 15) is 0 Å². The van der Waals surface area contributed by atoms with E-state index < -0.39 is 0 Å². The number of fused-ring (bicyclic) bond motifs is 3. The first-order valence-electron chi connectivity index (χ1n) is 10.9. The van der Waals surface area contributed by atoms with E-state index in [1.807, 2.05) is 18.2 Å². The zero-order chi connectivity index (χ0) is 21.3. The quantitative estimate of drug-likeness (QED) is 0.310. The van der Waals surface area contributed by atoms with Gasteiger partial charge in [0.25, 0.3) is 0 Å². The first-order chi connectivity index (χ1) is 15.9. The molecule has 5 aromatic carbocycles. The second kappa shape index (κ2) is 7.75. The van der Waals surface area contributed by atoms with Crippen molar-refractivity contribution in [3.05, 3.63) is 127 Å². The average molecular weight is 411 g/mol. The van der Waals surface area contributed by atoms with Crippen molar-refractivity contribution >= 4 is 33.2 Å². The average Bonchev–Trinajstić information content (AvgIpc) is 3.19. The van der Waals surface area contributed by atoms with Crippen LogP contribution >= 0.6 is 0 Å². The van der Waals surface area contributed by atoms with E-state index in [4.69, 9.17) is 0 Å². The molecular weight excluding hydrogens is 388 g/mol. The number of para-hydroxylation sites is 2. The number of nitrogens with one attached hydrogen (secondary N) is 1. The molecule has 2 nitrogen and oxygen atoms in total. The molecule has 1 N–H and O–H groups in total. The van der Waals surface area contributed by atoms with Gasteiger partial charge in [0, 0.05) is 27.8 Å². The predicted molar refractivity (Wildman–Crippen MR) is 136 cm³/mol. The van der Waals surface area contributed by atoms with Crippen LogP contribution in [-0.4, -0.2) is 4.57 Å². The third-order valence-corrected chi connectivity index (χ3v) is 5.95. The van der Waals surface area contributed by atoms with Crippen LogP contribution in [0.25, 0.3) is 38.6 Å². The van der Waals surface area contributed by atoms with Gasteiger partial charge in [-0.3, -0.25) is 0 Å². The number of nitrogens with zero attached hydrogens (tertiary/aromatic N) is 1. The van der Waals surface area contributed by atoms with Gasteiger partial charge in [-0.15, -0.1) is 0 Å². The molecule has 0 bridgehead atoms. The highest BCUT2D eigenvalue weighted by molar-refractivity contribution is 6.11. The van der Waals surface area contributed by atoms with E-state index in [2.05, 4.69) is 119 Å². The number of anilines is 2. The van der Waals surface area contributed by atoms with Crippen LogP contribution in [0.2, 0.25) is 0 Å². The van der Waals surface area contributed by atoms with Gasteiger partial charge in [0.2, 0.25) is 0 Å². The van der Waals surface area contributed by atoms with Crippen LogP contribution in [0.15, 0.2) is 127 Å². The van der Waals surface area contributed by atoms with E-state index >= 15 is 0 Å². The molecule has 1 heterocycles. The number of benzene rings is 5. The van der Waals surface area contributed by atoms with E-state index in [-0.39, 0.29) is 0 Å². The highest BCUT2D eigenvalue weighted by Gasteiger charge is 2.14. The van der Waals surface area contributed by atoms with Crippen molar-refractivity contribution in [3.8, 4) is 16.8 Å². The minimum absolute atomic E-state index is 1.08. The topological polar surface area (TPSA) is 17.0 Å². The Bertz CT molecular complexity index is 1520. The van der Waals surface area contributed by atoms with Crippen LogP contribution in [-0.2, 0) is 0 Å². The van der Waals surface area contributed by atoms with E-state index in [0.717, 1.165) is 11.4 Å². The molecule has 0 unspecified atom stereocenters. The molecule has 0 spiro atoms. The lowest BCUT2D eigenvalue weighted by Gasteiger charge is -2.09. The summed E-state index contributed by atoms with van der Waals surface area (Å²) in [7, 11) is 0. The molecule has 0 saturated heterocycles. The Morgan fingerprint density at radius 1 is 0.438 bits per heavy atom. The van der Waals surface area contributed by atoms with Crippen molar-refractivity contribution in [2.75, 3.05) is 5.32 Å². The molecule has 0 saturated carbocycles. The van der Waals surface area contributed by atoms with Crippen molar-refractivity contribution in [1.82, 2.24) is 4.57 Å². The van der Waals surface area contributed by atoms with Crippen molar-refractivity contribution in [2.45, 2.75) is 0 Å². The summed E-state index contributed by atoms with van der Waals surface area (Å²) in [6.45, 7) is 0. The summed E-state index contributed by atoms with van der Waals surface area (Å²) in [5.74, 6) is 0. The molecular formula is C30H22N2. The van der Waals surface area contributed by atoms with Crippen molar-refractivity contribution < 1.29 is 0 Å². The van der Waals surface area contributed by atoms with Crippen molar-refractivity contribution in [2.24, 2.45) is 0 Å². The highest BCUT2D eigenvalue weighted by Crippen LogP contribution is 2.36. The maximum Gasteiger partial charge on any atom is 0.0542 e. The Hall–Kier alpha value is -4.30. The van der Waals surface area contributed by atoms with Crippen LogP contribution in [0.4, 0.5) is 11.4 Å². The van der Waals surface area contributed by atoms with Gasteiger partial charge in [-0.25, -0.2) is 0 Å². The molecule has 1 aromatic heterocycles. The van der Waals surface area contributed by atoms with Gasteiger partial charge in [-0.1, -0.05) is 72.8 Å². The second-order valence-electron chi connectivity index (χ2n) is 7.99. The lowest BCUT2D eigenvalue weighted by atomic mass is 10.0. The van der Waals surface area contributed by atoms with Crippen LogP contribution in [0, 0.1) is 0 Å². The minimum atomic E-state index is 1.08. The van der Waals surface area contributed by atoms with Crippen LogP contribution in [0.1, 0.15) is 0 Å². The summed E-state index contributed by atoms with van der Waals surface area (Å²) in [6.07, 6.45) is 0. The maximum absolute atomic E-state index is 3.55. The lowest BCUT2D eigenvalue weighted by molar-refractivity contribution is 1.18. The Kier molecular flexibility index (Phi) is 4.47. The smallest absolute Gasteiger partial charge is 0.0542 e. The largest absolute Gasteiger partial charge is 0.356 e. The number of hydrogen-bond acceptors (Lipinski definition) is 1. The Morgan fingerprint density at radius 2 is 1.03 bits per heavy atom. The first kappa shape index (κ1) is 18.5.